The fourth-order valence-corrected chi connectivity index (χ4v) is 2.36. The van der Waals surface area contributed by atoms with E-state index in [0.717, 1.165) is 26.2 Å². The van der Waals surface area contributed by atoms with Crippen molar-refractivity contribution >= 4 is 23.2 Å². The first-order valence-electron chi connectivity index (χ1n) is 5.58. The summed E-state index contributed by atoms with van der Waals surface area (Å²) in [6.07, 6.45) is 0. The van der Waals surface area contributed by atoms with Crippen molar-refractivity contribution < 1.29 is 0 Å². The Morgan fingerprint density at radius 2 is 1.88 bits per heavy atom. The van der Waals surface area contributed by atoms with Crippen LogP contribution in [0, 0.1) is 0 Å². The fraction of sp³-hybridized carbons (Fsp3) is 0.500. The first-order chi connectivity index (χ1) is 7.68. The molecule has 0 unspecified atom stereocenters. The van der Waals surface area contributed by atoms with Gasteiger partial charge < -0.3 is 5.32 Å². The minimum atomic E-state index is 0.400. The summed E-state index contributed by atoms with van der Waals surface area (Å²) in [5, 5.41) is 4.62. The molecule has 88 valence electrons. The van der Waals surface area contributed by atoms with Crippen LogP contribution in [0.15, 0.2) is 18.2 Å². The van der Waals surface area contributed by atoms with Gasteiger partial charge in [0.25, 0.3) is 0 Å². The molecule has 0 aliphatic carbocycles. The van der Waals surface area contributed by atoms with Gasteiger partial charge in [0.1, 0.15) is 0 Å². The molecule has 4 heteroatoms. The Morgan fingerprint density at radius 3 is 2.50 bits per heavy atom. The molecule has 0 aromatic heterocycles. The molecule has 0 spiro atoms. The zero-order valence-corrected chi connectivity index (χ0v) is 10.9. The van der Waals surface area contributed by atoms with Gasteiger partial charge >= 0.3 is 0 Å². The van der Waals surface area contributed by atoms with Gasteiger partial charge in [0.05, 0.1) is 10.0 Å². The second-order valence-corrected chi connectivity index (χ2v) is 4.95. The van der Waals surface area contributed by atoms with Crippen molar-refractivity contribution in [3.8, 4) is 0 Å². The Hall–Kier alpha value is -0.280. The van der Waals surface area contributed by atoms with Gasteiger partial charge in [-0.25, -0.2) is 0 Å². The van der Waals surface area contributed by atoms with E-state index in [9.17, 15) is 0 Å². The van der Waals surface area contributed by atoms with Gasteiger partial charge in [0, 0.05) is 32.2 Å². The highest BCUT2D eigenvalue weighted by molar-refractivity contribution is 6.42. The van der Waals surface area contributed by atoms with E-state index in [0.29, 0.717) is 16.1 Å². The summed E-state index contributed by atoms with van der Waals surface area (Å²) >= 11 is 11.9. The summed E-state index contributed by atoms with van der Waals surface area (Å²) in [6.45, 7) is 6.50. The SMILES string of the molecule is C[C@@H](c1ccc(Cl)c(Cl)c1)N1CCNCC1. The number of nitrogens with one attached hydrogen (secondary N) is 1. The molecular formula is C12H16Cl2N2. The van der Waals surface area contributed by atoms with E-state index in [4.69, 9.17) is 23.2 Å². The van der Waals surface area contributed by atoms with E-state index >= 15 is 0 Å². The van der Waals surface area contributed by atoms with Crippen LogP contribution in [0.2, 0.25) is 10.0 Å². The monoisotopic (exact) mass is 258 g/mol. The first-order valence-corrected chi connectivity index (χ1v) is 6.34. The van der Waals surface area contributed by atoms with Crippen molar-refractivity contribution in [3.05, 3.63) is 33.8 Å². The Morgan fingerprint density at radius 1 is 1.19 bits per heavy atom. The van der Waals surface area contributed by atoms with E-state index in [1.54, 1.807) is 0 Å². The van der Waals surface area contributed by atoms with E-state index in [2.05, 4.69) is 23.2 Å². The normalized spacial score (nSPS) is 19.7. The number of hydrogen-bond donors (Lipinski definition) is 1. The van der Waals surface area contributed by atoms with Crippen molar-refractivity contribution in [1.29, 1.82) is 0 Å². The number of hydrogen-bond acceptors (Lipinski definition) is 2. The van der Waals surface area contributed by atoms with Crippen LogP contribution < -0.4 is 5.32 Å². The fourth-order valence-electron chi connectivity index (χ4n) is 2.05. The summed E-state index contributed by atoms with van der Waals surface area (Å²) in [5.74, 6) is 0. The largest absolute Gasteiger partial charge is 0.314 e. The lowest BCUT2D eigenvalue weighted by Gasteiger charge is -2.33. The van der Waals surface area contributed by atoms with Crippen LogP contribution in [0.3, 0.4) is 0 Å². The van der Waals surface area contributed by atoms with E-state index in [1.165, 1.54) is 5.56 Å². The van der Waals surface area contributed by atoms with Gasteiger partial charge in [-0.2, -0.15) is 0 Å². The van der Waals surface area contributed by atoms with Crippen molar-refractivity contribution in [1.82, 2.24) is 10.2 Å². The van der Waals surface area contributed by atoms with Crippen LogP contribution in [-0.4, -0.2) is 31.1 Å². The van der Waals surface area contributed by atoms with Crippen LogP contribution in [0.4, 0.5) is 0 Å². The zero-order chi connectivity index (χ0) is 11.5. The third-order valence-electron chi connectivity index (χ3n) is 3.13. The number of halogens is 2. The maximum Gasteiger partial charge on any atom is 0.0595 e. The molecule has 1 aromatic carbocycles. The lowest BCUT2D eigenvalue weighted by molar-refractivity contribution is 0.185. The average Bonchev–Trinajstić information content (AvgIpc) is 2.33. The van der Waals surface area contributed by atoms with Crippen molar-refractivity contribution in [3.63, 3.8) is 0 Å². The smallest absolute Gasteiger partial charge is 0.0595 e. The third-order valence-corrected chi connectivity index (χ3v) is 3.86. The predicted octanol–water partition coefficient (Wildman–Crippen LogP) is 2.96. The minimum absolute atomic E-state index is 0.400. The average molecular weight is 259 g/mol. The number of nitrogens with zero attached hydrogens (tertiary/aromatic N) is 1. The maximum absolute atomic E-state index is 6.03. The Balaban J connectivity index is 2.12. The summed E-state index contributed by atoms with van der Waals surface area (Å²) in [6, 6.07) is 6.30. The van der Waals surface area contributed by atoms with Gasteiger partial charge in [0.2, 0.25) is 0 Å². The van der Waals surface area contributed by atoms with Gasteiger partial charge in [-0.3, -0.25) is 4.90 Å². The molecule has 1 aliphatic rings. The third kappa shape index (κ3) is 2.69. The molecule has 1 fully saturated rings. The molecule has 2 nitrogen and oxygen atoms in total. The predicted molar refractivity (Wildman–Crippen MR) is 69.3 cm³/mol. The van der Waals surface area contributed by atoms with Crippen LogP contribution in [-0.2, 0) is 0 Å². The Bertz CT molecular complexity index is 362. The first kappa shape index (κ1) is 12.2. The molecule has 1 atom stereocenters. The summed E-state index contributed by atoms with van der Waals surface area (Å²) in [5.41, 5.74) is 1.23. The molecular weight excluding hydrogens is 243 g/mol. The number of piperazine rings is 1. The van der Waals surface area contributed by atoms with Crippen LogP contribution in [0.5, 0.6) is 0 Å². The van der Waals surface area contributed by atoms with E-state index in [1.807, 2.05) is 12.1 Å². The molecule has 0 bridgehead atoms. The summed E-state index contributed by atoms with van der Waals surface area (Å²) in [4.78, 5) is 2.45. The van der Waals surface area contributed by atoms with E-state index < -0.39 is 0 Å². The molecule has 0 radical (unpaired) electrons. The Kier molecular flexibility index (Phi) is 4.09. The molecule has 0 saturated carbocycles. The Labute approximate surface area is 107 Å². The minimum Gasteiger partial charge on any atom is -0.314 e. The molecule has 1 aromatic rings. The van der Waals surface area contributed by atoms with Crippen molar-refractivity contribution in [2.24, 2.45) is 0 Å². The summed E-state index contributed by atoms with van der Waals surface area (Å²) < 4.78 is 0. The molecule has 1 heterocycles. The van der Waals surface area contributed by atoms with Crippen LogP contribution in [0.1, 0.15) is 18.5 Å². The van der Waals surface area contributed by atoms with Crippen molar-refractivity contribution in [2.45, 2.75) is 13.0 Å². The topological polar surface area (TPSA) is 15.3 Å². The van der Waals surface area contributed by atoms with Crippen LogP contribution >= 0.6 is 23.2 Å². The summed E-state index contributed by atoms with van der Waals surface area (Å²) in [7, 11) is 0. The van der Waals surface area contributed by atoms with E-state index in [-0.39, 0.29) is 0 Å². The van der Waals surface area contributed by atoms with Gasteiger partial charge in [-0.1, -0.05) is 29.3 Å². The molecule has 1 aliphatic heterocycles. The highest BCUT2D eigenvalue weighted by Crippen LogP contribution is 2.28. The lowest BCUT2D eigenvalue weighted by atomic mass is 10.1. The molecule has 1 saturated heterocycles. The number of rotatable bonds is 2. The standard InChI is InChI=1S/C12H16Cl2N2/c1-9(16-6-4-15-5-7-16)10-2-3-11(13)12(14)8-10/h2-3,8-9,15H,4-7H2,1H3/t9-/m0/s1. The van der Waals surface area contributed by atoms with Crippen LogP contribution in [0.25, 0.3) is 0 Å². The molecule has 2 rings (SSSR count). The molecule has 16 heavy (non-hydrogen) atoms. The second kappa shape index (κ2) is 5.37. The lowest BCUT2D eigenvalue weighted by Crippen LogP contribution is -2.44. The van der Waals surface area contributed by atoms with Gasteiger partial charge in [-0.05, 0) is 24.6 Å². The van der Waals surface area contributed by atoms with Gasteiger partial charge in [0.15, 0.2) is 0 Å². The molecule has 1 N–H and O–H groups in total. The number of benzene rings is 1. The maximum atomic E-state index is 6.03. The van der Waals surface area contributed by atoms with Crippen molar-refractivity contribution in [2.75, 3.05) is 26.2 Å². The highest BCUT2D eigenvalue weighted by Gasteiger charge is 2.18. The quantitative estimate of drug-likeness (QED) is 0.878. The van der Waals surface area contributed by atoms with Gasteiger partial charge in [-0.15, -0.1) is 0 Å². The molecule has 0 amide bonds. The zero-order valence-electron chi connectivity index (χ0n) is 9.34. The highest BCUT2D eigenvalue weighted by atomic mass is 35.5. The second-order valence-electron chi connectivity index (χ2n) is 4.14.